The molecule has 2 heterocycles. The Balaban J connectivity index is 2.50. The summed E-state index contributed by atoms with van der Waals surface area (Å²) in [5.74, 6) is -0.781. The Bertz CT molecular complexity index is 722. The van der Waals surface area contributed by atoms with E-state index in [4.69, 9.17) is 9.15 Å². The van der Waals surface area contributed by atoms with E-state index in [0.29, 0.717) is 5.39 Å². The zero-order chi connectivity index (χ0) is 15.0. The Morgan fingerprint density at radius 1 is 1.40 bits per heavy atom. The van der Waals surface area contributed by atoms with Crippen molar-refractivity contribution in [2.24, 2.45) is 0 Å². The van der Waals surface area contributed by atoms with Crippen LogP contribution < -0.4 is 4.18 Å². The molecular weight excluding hydrogens is 303 g/mol. The lowest BCUT2D eigenvalue weighted by Gasteiger charge is -2.09. The van der Waals surface area contributed by atoms with Gasteiger partial charge < -0.3 is 13.3 Å². The molecule has 20 heavy (non-hydrogen) atoms. The maximum atomic E-state index is 12.3. The summed E-state index contributed by atoms with van der Waals surface area (Å²) < 4.78 is 72.6. The monoisotopic (exact) mass is 311 g/mol. The standard InChI is InChI=1S/C10H8F3NO5S/c1-17-5-7-4-6-2-3-18-8(6)9(14-7)19-20(15,16)10(11,12)13/h2-4H,5H2,1H3. The van der Waals surface area contributed by atoms with Gasteiger partial charge in [0.2, 0.25) is 0 Å². The maximum absolute atomic E-state index is 12.3. The van der Waals surface area contributed by atoms with Gasteiger partial charge in [0.15, 0.2) is 5.58 Å². The summed E-state index contributed by atoms with van der Waals surface area (Å²) >= 11 is 0. The minimum atomic E-state index is -5.82. The molecule has 0 bridgehead atoms. The summed E-state index contributed by atoms with van der Waals surface area (Å²) in [6, 6.07) is 2.92. The van der Waals surface area contributed by atoms with Crippen molar-refractivity contribution in [3.05, 3.63) is 24.1 Å². The van der Waals surface area contributed by atoms with Crippen molar-refractivity contribution in [3.8, 4) is 5.88 Å². The van der Waals surface area contributed by atoms with E-state index in [0.717, 1.165) is 0 Å². The number of aromatic nitrogens is 1. The van der Waals surface area contributed by atoms with E-state index in [1.807, 2.05) is 0 Å². The molecular formula is C10H8F3NO5S. The second-order valence-corrected chi connectivity index (χ2v) is 5.21. The van der Waals surface area contributed by atoms with Gasteiger partial charge in [0.05, 0.1) is 18.6 Å². The molecule has 10 heteroatoms. The van der Waals surface area contributed by atoms with Crippen LogP contribution in [0.25, 0.3) is 11.0 Å². The first-order chi connectivity index (χ1) is 9.24. The molecule has 2 rings (SSSR count). The third kappa shape index (κ3) is 2.70. The lowest BCUT2D eigenvalue weighted by atomic mass is 10.2. The van der Waals surface area contributed by atoms with Crippen molar-refractivity contribution in [1.29, 1.82) is 0 Å². The number of methoxy groups -OCH3 is 1. The predicted octanol–water partition coefficient (Wildman–Crippen LogP) is 2.20. The molecule has 0 aromatic carbocycles. The topological polar surface area (TPSA) is 78.6 Å². The molecule has 0 fully saturated rings. The van der Waals surface area contributed by atoms with Crippen LogP contribution >= 0.6 is 0 Å². The number of fused-ring (bicyclic) bond motifs is 1. The fraction of sp³-hybridized carbons (Fsp3) is 0.300. The maximum Gasteiger partial charge on any atom is 0.534 e. The Morgan fingerprint density at radius 3 is 2.70 bits per heavy atom. The van der Waals surface area contributed by atoms with E-state index in [2.05, 4.69) is 9.17 Å². The molecule has 0 atom stereocenters. The van der Waals surface area contributed by atoms with Crippen molar-refractivity contribution in [3.63, 3.8) is 0 Å². The molecule has 0 aliphatic carbocycles. The first-order valence-electron chi connectivity index (χ1n) is 5.11. The molecule has 0 amide bonds. The largest absolute Gasteiger partial charge is 0.534 e. The highest BCUT2D eigenvalue weighted by atomic mass is 32.2. The van der Waals surface area contributed by atoms with Crippen LogP contribution in [0.1, 0.15) is 5.69 Å². The number of hydrogen-bond donors (Lipinski definition) is 0. The molecule has 0 saturated heterocycles. The predicted molar refractivity (Wildman–Crippen MR) is 60.3 cm³/mol. The minimum absolute atomic E-state index is 0.0243. The summed E-state index contributed by atoms with van der Waals surface area (Å²) in [6.45, 7) is -0.0243. The number of nitrogens with zero attached hydrogens (tertiary/aromatic N) is 1. The van der Waals surface area contributed by atoms with Crippen molar-refractivity contribution in [2.75, 3.05) is 7.11 Å². The quantitative estimate of drug-likeness (QED) is 0.636. The van der Waals surface area contributed by atoms with Gasteiger partial charge in [-0.3, -0.25) is 0 Å². The summed E-state index contributed by atoms with van der Waals surface area (Å²) in [4.78, 5) is 3.64. The van der Waals surface area contributed by atoms with Crippen LogP contribution in [0.5, 0.6) is 5.88 Å². The molecule has 0 aliphatic heterocycles. The zero-order valence-corrected chi connectivity index (χ0v) is 10.8. The highest BCUT2D eigenvalue weighted by molar-refractivity contribution is 7.88. The van der Waals surface area contributed by atoms with Gasteiger partial charge in [0, 0.05) is 12.5 Å². The Kier molecular flexibility index (Phi) is 3.61. The second-order valence-electron chi connectivity index (χ2n) is 3.67. The number of ether oxygens (including phenoxy) is 1. The van der Waals surface area contributed by atoms with E-state index in [-0.39, 0.29) is 17.9 Å². The molecule has 0 aliphatic rings. The number of alkyl halides is 3. The first-order valence-corrected chi connectivity index (χ1v) is 6.52. The van der Waals surface area contributed by atoms with Crippen LogP contribution in [0, 0.1) is 0 Å². The van der Waals surface area contributed by atoms with Gasteiger partial charge in [0.25, 0.3) is 5.88 Å². The number of furan rings is 1. The lowest BCUT2D eigenvalue weighted by molar-refractivity contribution is -0.0501. The normalized spacial score (nSPS) is 12.8. The molecule has 110 valence electrons. The molecule has 2 aromatic heterocycles. The van der Waals surface area contributed by atoms with E-state index < -0.39 is 21.5 Å². The third-order valence-electron chi connectivity index (χ3n) is 2.22. The van der Waals surface area contributed by atoms with Crippen molar-refractivity contribution in [1.82, 2.24) is 4.98 Å². The van der Waals surface area contributed by atoms with Crippen LogP contribution in [-0.4, -0.2) is 26.0 Å². The number of hydrogen-bond acceptors (Lipinski definition) is 6. The second kappa shape index (κ2) is 4.94. The van der Waals surface area contributed by atoms with Crippen molar-refractivity contribution < 1.29 is 34.9 Å². The molecule has 6 nitrogen and oxygen atoms in total. The Morgan fingerprint density at radius 2 is 2.10 bits per heavy atom. The highest BCUT2D eigenvalue weighted by Crippen LogP contribution is 2.31. The Labute approximate surface area is 111 Å². The Hall–Kier alpha value is -1.81. The molecule has 0 radical (unpaired) electrons. The van der Waals surface area contributed by atoms with Gasteiger partial charge in [-0.1, -0.05) is 0 Å². The summed E-state index contributed by atoms with van der Waals surface area (Å²) in [5.41, 5.74) is -5.54. The SMILES string of the molecule is COCc1cc2ccoc2c(OS(=O)(=O)C(F)(F)F)n1. The molecule has 0 N–H and O–H groups in total. The molecule has 0 saturated carbocycles. The summed E-state index contributed by atoms with van der Waals surface area (Å²) in [5, 5.41) is 0.347. The van der Waals surface area contributed by atoms with Crippen LogP contribution in [0.3, 0.4) is 0 Å². The highest BCUT2D eigenvalue weighted by Gasteiger charge is 2.49. The van der Waals surface area contributed by atoms with Crippen LogP contribution in [0.4, 0.5) is 13.2 Å². The van der Waals surface area contributed by atoms with E-state index >= 15 is 0 Å². The molecule has 0 unspecified atom stereocenters. The molecule has 0 spiro atoms. The van der Waals surface area contributed by atoms with Crippen molar-refractivity contribution >= 4 is 21.1 Å². The first kappa shape index (κ1) is 14.6. The van der Waals surface area contributed by atoms with Crippen molar-refractivity contribution in [2.45, 2.75) is 12.1 Å². The van der Waals surface area contributed by atoms with E-state index in [1.54, 1.807) is 0 Å². The van der Waals surface area contributed by atoms with Gasteiger partial charge in [0.1, 0.15) is 0 Å². The van der Waals surface area contributed by atoms with Gasteiger partial charge in [-0.2, -0.15) is 21.6 Å². The average Bonchev–Trinajstić information content (AvgIpc) is 2.75. The smallest absolute Gasteiger partial charge is 0.459 e. The summed E-state index contributed by atoms with van der Waals surface area (Å²) in [7, 11) is -4.46. The molecule has 2 aromatic rings. The fourth-order valence-electron chi connectivity index (χ4n) is 1.43. The van der Waals surface area contributed by atoms with Crippen LogP contribution in [-0.2, 0) is 21.5 Å². The van der Waals surface area contributed by atoms with Gasteiger partial charge in [-0.05, 0) is 12.1 Å². The number of rotatable bonds is 4. The van der Waals surface area contributed by atoms with Gasteiger partial charge in [-0.15, -0.1) is 0 Å². The van der Waals surface area contributed by atoms with Crippen LogP contribution in [0.15, 0.2) is 22.8 Å². The summed E-state index contributed by atoms with van der Waals surface area (Å²) in [6.07, 6.45) is 1.18. The minimum Gasteiger partial charge on any atom is -0.459 e. The van der Waals surface area contributed by atoms with Crippen LogP contribution in [0.2, 0.25) is 0 Å². The fourth-order valence-corrected chi connectivity index (χ4v) is 1.84. The van der Waals surface area contributed by atoms with E-state index in [9.17, 15) is 21.6 Å². The average molecular weight is 311 g/mol. The zero-order valence-electron chi connectivity index (χ0n) is 9.97. The third-order valence-corrected chi connectivity index (χ3v) is 3.17. The van der Waals surface area contributed by atoms with E-state index in [1.165, 1.54) is 25.5 Å². The lowest BCUT2D eigenvalue weighted by Crippen LogP contribution is -2.28. The number of halogens is 3. The van der Waals surface area contributed by atoms with Gasteiger partial charge >= 0.3 is 15.6 Å². The van der Waals surface area contributed by atoms with Gasteiger partial charge in [-0.25, -0.2) is 4.98 Å². The number of pyridine rings is 1.